The zero-order valence-corrected chi connectivity index (χ0v) is 14.8. The van der Waals surface area contributed by atoms with Crippen molar-refractivity contribution >= 4 is 12.1 Å². The molecule has 0 aromatic heterocycles. The van der Waals surface area contributed by atoms with Gasteiger partial charge in [0.2, 0.25) is 0 Å². The summed E-state index contributed by atoms with van der Waals surface area (Å²) in [5.41, 5.74) is 6.43. The molecule has 3 aromatic carbocycles. The van der Waals surface area contributed by atoms with Gasteiger partial charge in [-0.15, -0.1) is 6.58 Å². The van der Waals surface area contributed by atoms with Gasteiger partial charge in [0.05, 0.1) is 6.21 Å². The fraction of sp³-hybridized carbons (Fsp3) is 0.0435. The number of hydrogen-bond donors (Lipinski definition) is 2. The van der Waals surface area contributed by atoms with Gasteiger partial charge < -0.3 is 5.11 Å². The Morgan fingerprint density at radius 1 is 0.963 bits per heavy atom. The van der Waals surface area contributed by atoms with E-state index < -0.39 is 0 Å². The van der Waals surface area contributed by atoms with Crippen LogP contribution in [-0.4, -0.2) is 17.2 Å². The van der Waals surface area contributed by atoms with Crippen molar-refractivity contribution in [2.75, 3.05) is 0 Å². The number of allylic oxidation sites excluding steroid dienone is 1. The van der Waals surface area contributed by atoms with Gasteiger partial charge in [0, 0.05) is 11.1 Å². The van der Waals surface area contributed by atoms with E-state index in [1.165, 1.54) is 6.21 Å². The number of nitrogens with zero attached hydrogens (tertiary/aromatic N) is 1. The second-order valence-electron chi connectivity index (χ2n) is 5.99. The number of para-hydroxylation sites is 1. The molecule has 27 heavy (non-hydrogen) atoms. The highest BCUT2D eigenvalue weighted by Crippen LogP contribution is 2.22. The van der Waals surface area contributed by atoms with Gasteiger partial charge in [0.25, 0.3) is 5.91 Å². The highest BCUT2D eigenvalue weighted by molar-refractivity contribution is 5.95. The number of carbonyl (C=O) groups excluding carboxylic acids is 1. The number of phenolic OH excluding ortho intramolecular Hbond substituents is 1. The van der Waals surface area contributed by atoms with E-state index in [-0.39, 0.29) is 11.7 Å². The van der Waals surface area contributed by atoms with Crippen LogP contribution in [0.5, 0.6) is 5.75 Å². The van der Waals surface area contributed by atoms with Crippen molar-refractivity contribution in [2.24, 2.45) is 5.10 Å². The van der Waals surface area contributed by atoms with Crippen LogP contribution in [-0.2, 0) is 6.42 Å². The van der Waals surface area contributed by atoms with E-state index in [1.54, 1.807) is 24.3 Å². The minimum Gasteiger partial charge on any atom is -0.507 e. The molecule has 0 atom stereocenters. The van der Waals surface area contributed by atoms with Crippen LogP contribution in [0.3, 0.4) is 0 Å². The molecule has 3 aromatic rings. The lowest BCUT2D eigenvalue weighted by Crippen LogP contribution is -2.17. The molecule has 0 fully saturated rings. The van der Waals surface area contributed by atoms with Gasteiger partial charge in [-0.2, -0.15) is 5.10 Å². The fourth-order valence-electron chi connectivity index (χ4n) is 2.71. The average Bonchev–Trinajstić information content (AvgIpc) is 2.71. The van der Waals surface area contributed by atoms with E-state index in [2.05, 4.69) is 17.1 Å². The van der Waals surface area contributed by atoms with Crippen molar-refractivity contribution in [3.63, 3.8) is 0 Å². The quantitative estimate of drug-likeness (QED) is 0.387. The van der Waals surface area contributed by atoms with Crippen molar-refractivity contribution in [1.82, 2.24) is 5.43 Å². The summed E-state index contributed by atoms with van der Waals surface area (Å²) in [6.07, 6.45) is 3.71. The van der Waals surface area contributed by atoms with E-state index in [9.17, 15) is 9.90 Å². The van der Waals surface area contributed by atoms with Gasteiger partial charge in [-0.1, -0.05) is 60.7 Å². The summed E-state index contributed by atoms with van der Waals surface area (Å²) in [4.78, 5) is 12.2. The van der Waals surface area contributed by atoms with E-state index in [0.29, 0.717) is 17.5 Å². The van der Waals surface area contributed by atoms with Crippen LogP contribution in [0.4, 0.5) is 0 Å². The predicted octanol–water partition coefficient (Wildman–Crippen LogP) is 4.55. The molecule has 0 radical (unpaired) electrons. The molecule has 3 rings (SSSR count). The Morgan fingerprint density at radius 3 is 2.37 bits per heavy atom. The van der Waals surface area contributed by atoms with Crippen LogP contribution < -0.4 is 5.43 Å². The van der Waals surface area contributed by atoms with Gasteiger partial charge in [-0.3, -0.25) is 4.79 Å². The molecule has 1 amide bonds. The fourth-order valence-corrected chi connectivity index (χ4v) is 2.71. The van der Waals surface area contributed by atoms with E-state index in [0.717, 1.165) is 16.7 Å². The third-order valence-electron chi connectivity index (χ3n) is 4.14. The molecular formula is C23H20N2O2. The SMILES string of the molecule is C=CCc1cccc(C=NNC(=O)c2ccc(-c3ccccc3)cc2)c1O. The molecule has 0 saturated heterocycles. The molecule has 0 saturated carbocycles. The van der Waals surface area contributed by atoms with Gasteiger partial charge in [-0.05, 0) is 41.3 Å². The van der Waals surface area contributed by atoms with Crippen molar-refractivity contribution in [3.8, 4) is 16.9 Å². The van der Waals surface area contributed by atoms with Crippen LogP contribution in [0, 0.1) is 0 Å². The standard InChI is InChI=1S/C23H20N2O2/c1-2-7-19-10-6-11-21(22(19)26)16-24-25-23(27)20-14-12-18(13-15-20)17-8-4-3-5-9-17/h2-6,8-16,26H,1,7H2,(H,25,27). The van der Waals surface area contributed by atoms with Crippen LogP contribution in [0.25, 0.3) is 11.1 Å². The molecule has 134 valence electrons. The van der Waals surface area contributed by atoms with Crippen molar-refractivity contribution < 1.29 is 9.90 Å². The number of aromatic hydroxyl groups is 1. The number of carbonyl (C=O) groups is 1. The molecule has 0 aliphatic rings. The maximum absolute atomic E-state index is 12.2. The number of rotatable bonds is 6. The van der Waals surface area contributed by atoms with Crippen LogP contribution in [0.1, 0.15) is 21.5 Å². The second kappa shape index (κ2) is 8.63. The summed E-state index contributed by atoms with van der Waals surface area (Å²) in [6.45, 7) is 3.67. The summed E-state index contributed by atoms with van der Waals surface area (Å²) in [6, 6.07) is 22.7. The minimum atomic E-state index is -0.312. The highest BCUT2D eigenvalue weighted by atomic mass is 16.3. The Kier molecular flexibility index (Phi) is 5.80. The van der Waals surface area contributed by atoms with Crippen molar-refractivity contribution in [3.05, 3.63) is 102 Å². The lowest BCUT2D eigenvalue weighted by Gasteiger charge is -2.05. The summed E-state index contributed by atoms with van der Waals surface area (Å²) >= 11 is 0. The first-order valence-corrected chi connectivity index (χ1v) is 8.59. The maximum Gasteiger partial charge on any atom is 0.271 e. The monoisotopic (exact) mass is 356 g/mol. The molecule has 0 unspecified atom stereocenters. The Morgan fingerprint density at radius 2 is 1.67 bits per heavy atom. The van der Waals surface area contributed by atoms with Crippen molar-refractivity contribution in [2.45, 2.75) is 6.42 Å². The second-order valence-corrected chi connectivity index (χ2v) is 5.99. The Bertz CT molecular complexity index is 961. The first-order chi connectivity index (χ1) is 13.2. The summed E-state index contributed by atoms with van der Waals surface area (Å²) < 4.78 is 0. The molecule has 4 nitrogen and oxygen atoms in total. The van der Waals surface area contributed by atoms with Gasteiger partial charge >= 0.3 is 0 Å². The predicted molar refractivity (Wildman–Crippen MR) is 109 cm³/mol. The van der Waals surface area contributed by atoms with Crippen molar-refractivity contribution in [1.29, 1.82) is 0 Å². The van der Waals surface area contributed by atoms with Crippen LogP contribution in [0.15, 0.2) is 90.6 Å². The Hall–Kier alpha value is -3.66. The van der Waals surface area contributed by atoms with Crippen LogP contribution in [0.2, 0.25) is 0 Å². The highest BCUT2D eigenvalue weighted by Gasteiger charge is 2.06. The zero-order valence-electron chi connectivity index (χ0n) is 14.8. The molecule has 2 N–H and O–H groups in total. The molecular weight excluding hydrogens is 336 g/mol. The zero-order chi connectivity index (χ0) is 19.1. The largest absolute Gasteiger partial charge is 0.507 e. The lowest BCUT2D eigenvalue weighted by atomic mass is 10.0. The third kappa shape index (κ3) is 4.50. The average molecular weight is 356 g/mol. The first kappa shape index (κ1) is 18.1. The minimum absolute atomic E-state index is 0.141. The molecule has 0 heterocycles. The van der Waals surface area contributed by atoms with Crippen LogP contribution >= 0.6 is 0 Å². The molecule has 0 spiro atoms. The van der Waals surface area contributed by atoms with E-state index in [1.807, 2.05) is 54.6 Å². The molecule has 4 heteroatoms. The summed E-state index contributed by atoms with van der Waals surface area (Å²) in [5.74, 6) is -0.171. The topological polar surface area (TPSA) is 61.7 Å². The van der Waals surface area contributed by atoms with Gasteiger partial charge in [0.1, 0.15) is 5.75 Å². The van der Waals surface area contributed by atoms with E-state index in [4.69, 9.17) is 0 Å². The van der Waals surface area contributed by atoms with Gasteiger partial charge in [-0.25, -0.2) is 5.43 Å². The van der Waals surface area contributed by atoms with Gasteiger partial charge in [0.15, 0.2) is 0 Å². The molecule has 0 aliphatic carbocycles. The Balaban J connectivity index is 1.67. The normalized spacial score (nSPS) is 10.7. The number of phenols is 1. The lowest BCUT2D eigenvalue weighted by molar-refractivity contribution is 0.0955. The first-order valence-electron chi connectivity index (χ1n) is 8.59. The molecule has 0 aliphatic heterocycles. The summed E-state index contributed by atoms with van der Waals surface area (Å²) in [7, 11) is 0. The Labute approximate surface area is 158 Å². The number of hydrogen-bond acceptors (Lipinski definition) is 3. The maximum atomic E-state index is 12.2. The number of benzene rings is 3. The smallest absolute Gasteiger partial charge is 0.271 e. The summed E-state index contributed by atoms with van der Waals surface area (Å²) in [5, 5.41) is 14.1. The molecule has 0 bridgehead atoms. The van der Waals surface area contributed by atoms with E-state index >= 15 is 0 Å². The number of hydrazone groups is 1. The number of nitrogens with one attached hydrogen (secondary N) is 1. The third-order valence-corrected chi connectivity index (χ3v) is 4.14. The number of amides is 1.